The first kappa shape index (κ1) is 56.3. The lowest BCUT2D eigenvalue weighted by Crippen LogP contribution is -2.84. The topological polar surface area (TPSA) is 181 Å². The summed E-state index contributed by atoms with van der Waals surface area (Å²) in [5.41, 5.74) is -5.89. The van der Waals surface area contributed by atoms with Gasteiger partial charge in [0.25, 0.3) is 0 Å². The largest absolute Gasteiger partial charge is 0.469 e. The summed E-state index contributed by atoms with van der Waals surface area (Å²) in [5.74, 6) is 7.22. The van der Waals surface area contributed by atoms with Gasteiger partial charge < -0.3 is 43.6 Å². The van der Waals surface area contributed by atoms with Crippen LogP contribution < -0.4 is 5.32 Å². The zero-order chi connectivity index (χ0) is 60.0. The number of nitrogens with zero attached hydrogens (tertiary/aromatic N) is 1. The quantitative estimate of drug-likeness (QED) is 0.0765. The van der Waals surface area contributed by atoms with Gasteiger partial charge in [-0.3, -0.25) is 14.9 Å². The van der Waals surface area contributed by atoms with Crippen LogP contribution in [0.4, 0.5) is 0 Å². The zero-order valence-corrected chi connectivity index (χ0v) is 52.5. The molecule has 27 unspecified atom stereocenters. The highest BCUT2D eigenvalue weighted by Gasteiger charge is 3.00. The molecule has 1 aromatic heterocycles. The van der Waals surface area contributed by atoms with E-state index in [1.807, 2.05) is 6.07 Å². The lowest BCUT2D eigenvalue weighted by Gasteiger charge is -2.74. The van der Waals surface area contributed by atoms with Gasteiger partial charge in [-0.25, -0.2) is 4.79 Å². The first-order valence-electron chi connectivity index (χ1n) is 36.0. The van der Waals surface area contributed by atoms with Gasteiger partial charge in [-0.05, 0) is 190 Å². The van der Waals surface area contributed by atoms with Crippen molar-refractivity contribution in [1.82, 2.24) is 10.2 Å². The first-order chi connectivity index (χ1) is 43.2. The predicted molar refractivity (Wildman–Crippen MR) is 327 cm³/mol. The van der Waals surface area contributed by atoms with Crippen LogP contribution in [0.1, 0.15) is 166 Å². The fraction of sp³-hybridized carbons (Fsp3) is 0.750. The molecule has 5 saturated heterocycles. The number of aliphatic hydroxyl groups excluding tert-OH is 3. The highest BCUT2D eigenvalue weighted by Crippen LogP contribution is 2.91. The fourth-order valence-electron chi connectivity index (χ4n) is 28.4. The van der Waals surface area contributed by atoms with Gasteiger partial charge >= 0.3 is 11.9 Å². The first-order valence-corrected chi connectivity index (χ1v) is 36.0. The average molecular weight is 1210 g/mol. The number of allylic oxidation sites excluding steroid dienone is 1. The number of hydrogen-bond acceptors (Lipinski definition) is 13. The van der Waals surface area contributed by atoms with Crippen LogP contribution in [0.25, 0.3) is 0 Å². The minimum absolute atomic E-state index is 0.0438. The van der Waals surface area contributed by atoms with E-state index in [1.54, 1.807) is 6.26 Å². The summed E-state index contributed by atoms with van der Waals surface area (Å²) in [6, 6.07) is 13.2. The maximum absolute atomic E-state index is 17.9. The van der Waals surface area contributed by atoms with Crippen LogP contribution in [0.5, 0.6) is 0 Å². The fourth-order valence-corrected chi connectivity index (χ4v) is 28.4. The number of rotatable bonds is 10. The van der Waals surface area contributed by atoms with Crippen LogP contribution in [0.2, 0.25) is 0 Å². The number of cyclic esters (lactones) is 1. The molecule has 1 aromatic carbocycles. The Labute approximate surface area is 525 Å². The van der Waals surface area contributed by atoms with Gasteiger partial charge in [0, 0.05) is 47.2 Å². The lowest BCUT2D eigenvalue weighted by atomic mass is 9.28. The number of aliphatic hydroxyl groups is 3. The number of furan rings is 1. The molecule has 7 aliphatic heterocycles. The molecular weight excluding hydrogens is 1120 g/mol. The van der Waals surface area contributed by atoms with Gasteiger partial charge in [-0.1, -0.05) is 113 Å². The van der Waals surface area contributed by atoms with Gasteiger partial charge in [0.15, 0.2) is 17.5 Å². The smallest absolute Gasteiger partial charge is 0.339 e. The van der Waals surface area contributed by atoms with Crippen LogP contribution in [0.15, 0.2) is 71.0 Å². The summed E-state index contributed by atoms with van der Waals surface area (Å²) in [4.78, 5) is 52.5. The third kappa shape index (κ3) is 6.66. The van der Waals surface area contributed by atoms with Crippen LogP contribution in [-0.2, 0) is 51.8 Å². The summed E-state index contributed by atoms with van der Waals surface area (Å²) in [5, 5.41) is 41.9. The summed E-state index contributed by atoms with van der Waals surface area (Å²) in [6.45, 7) is 6.30. The molecule has 13 heteroatoms. The molecule has 13 nitrogen and oxygen atoms in total. The Morgan fingerprint density at radius 2 is 1.75 bits per heavy atom. The number of benzene rings is 1. The minimum atomic E-state index is -1.55. The third-order valence-corrected chi connectivity index (χ3v) is 31.1. The molecule has 89 heavy (non-hydrogen) atoms. The van der Waals surface area contributed by atoms with Crippen molar-refractivity contribution in [3.63, 3.8) is 0 Å². The molecule has 2 aromatic rings. The number of fused-ring (bicyclic) bond motifs is 4. The number of ketones is 1. The number of ether oxygens (including phenoxy) is 4. The number of nitrogens with one attached hydrogen (secondary N) is 1. The van der Waals surface area contributed by atoms with E-state index in [-0.39, 0.29) is 78.0 Å². The molecule has 10 aliphatic carbocycles. The number of hydrogen-bond donors (Lipinski definition) is 4. The summed E-state index contributed by atoms with van der Waals surface area (Å²) in [6.07, 6.45) is 25.8. The zero-order valence-electron chi connectivity index (χ0n) is 52.5. The normalized spacial score (nSPS) is 51.4. The van der Waals surface area contributed by atoms with Crippen molar-refractivity contribution >= 4 is 17.7 Å². The second-order valence-corrected chi connectivity index (χ2v) is 33.5. The number of carbonyl (C=O) groups excluding carboxylic acids is 3. The van der Waals surface area contributed by atoms with Crippen LogP contribution in [0, 0.1) is 128 Å². The van der Waals surface area contributed by atoms with E-state index < -0.39 is 92.7 Å². The van der Waals surface area contributed by atoms with E-state index in [1.165, 1.54) is 43.2 Å². The Bertz CT molecular complexity index is 3420. The van der Waals surface area contributed by atoms with Crippen molar-refractivity contribution in [2.45, 2.75) is 208 Å². The summed E-state index contributed by atoms with van der Waals surface area (Å²) in [7, 11) is 0. The number of Topliss-reactive ketones (excluding diaryl/α,β-unsaturated/α-hetero) is 1. The molecule has 0 amide bonds. The van der Waals surface area contributed by atoms with Gasteiger partial charge in [0.05, 0.1) is 54.9 Å². The lowest BCUT2D eigenvalue weighted by molar-refractivity contribution is -0.315. The summed E-state index contributed by atoms with van der Waals surface area (Å²) >= 11 is 0. The molecule has 27 atom stereocenters. The average Bonchev–Trinajstić information content (AvgIpc) is 1.43. The predicted octanol–water partition coefficient (Wildman–Crippen LogP) is 10.2. The van der Waals surface area contributed by atoms with Crippen LogP contribution >= 0.6 is 0 Å². The van der Waals surface area contributed by atoms with Gasteiger partial charge in [-0.15, -0.1) is 0 Å². The molecule has 474 valence electrons. The van der Waals surface area contributed by atoms with E-state index in [2.05, 4.69) is 84.6 Å². The molecule has 4 N–H and O–H groups in total. The molecular formula is C76H94N2O11. The van der Waals surface area contributed by atoms with Gasteiger partial charge in [0.2, 0.25) is 0 Å². The number of epoxide rings is 1. The maximum Gasteiger partial charge on any atom is 0.339 e. The molecule has 19 rings (SSSR count). The number of carbonyl (C=O) groups is 3. The minimum Gasteiger partial charge on any atom is -0.469 e. The van der Waals surface area contributed by atoms with E-state index in [0.29, 0.717) is 66.7 Å². The van der Waals surface area contributed by atoms with E-state index in [4.69, 9.17) is 23.4 Å². The Kier molecular flexibility index (Phi) is 12.1. The highest BCUT2D eigenvalue weighted by molar-refractivity contribution is 5.94. The monoisotopic (exact) mass is 1210 g/mol. The van der Waals surface area contributed by atoms with E-state index in [9.17, 15) is 10.2 Å². The van der Waals surface area contributed by atoms with Crippen molar-refractivity contribution in [2.24, 2.45) is 116 Å². The van der Waals surface area contributed by atoms with Gasteiger partial charge in [-0.2, -0.15) is 0 Å². The molecule has 6 spiro atoms. The SMILES string of the molecule is CC(C1CCCCC1)C1CCCC23OC45C(=CC12)CC1CCCC12CC1CC6(C)C7(c8ccoc8CC(C(O)CO)C8CCC9C(C=CN%10CNCC9%10)C8)CC#CC8CCC(Cc9ccccc9)CC8C8(C(O)C(=O)C3C4(COC(=O)C25)C18)C61OC1C(=O)O7. The third-order valence-electron chi connectivity index (χ3n) is 31.1. The molecule has 9 bridgehead atoms. The van der Waals surface area contributed by atoms with Gasteiger partial charge in [0.1, 0.15) is 29.7 Å². The van der Waals surface area contributed by atoms with E-state index in [0.717, 1.165) is 96.7 Å². The van der Waals surface area contributed by atoms with Crippen molar-refractivity contribution in [3.8, 4) is 11.8 Å². The molecule has 8 heterocycles. The standard InChI is InChI=1S/C76H94N2O11/c1-42(45-14-7-4-8-15-45)52-18-11-26-72-57(52)34-51-33-50-17-10-25-70(50)37-49-36-69(2)73(55-24-29-85-60(55)35-54(59(80)39-79)47-21-22-53-48(32-47)23-28-78-41-77-38-58(53)78)27-9-16-46-20-19-44(30-43-12-5-3-6-13-43)31-56(46)74(76(69)66(87-76)68(84)88-73)62(49)71(63(72)61(81)65(74)82)40-86-67(83)64(70)75(51,71)89-72/h3,5-6,12-13,23-24,28-29,34,42,44-50,52-54,56-59,62-66,77,79-80,82H,4,7-8,10-11,14-15,17-22,25-27,30-33,35-41H2,1-2H3. The number of esters is 2. The maximum atomic E-state index is 17.9. The second kappa shape index (κ2) is 19.2. The molecule has 9 saturated carbocycles. The highest BCUT2D eigenvalue weighted by atomic mass is 16.7. The van der Waals surface area contributed by atoms with Crippen LogP contribution in [-0.4, -0.2) is 106 Å². The van der Waals surface area contributed by atoms with Crippen molar-refractivity contribution in [1.29, 1.82) is 0 Å². The van der Waals surface area contributed by atoms with Crippen LogP contribution in [0.3, 0.4) is 0 Å². The van der Waals surface area contributed by atoms with Crippen molar-refractivity contribution in [2.75, 3.05) is 26.4 Å². The Morgan fingerprint density at radius 1 is 0.899 bits per heavy atom. The molecule has 17 aliphatic rings. The Balaban J connectivity index is 0.825. The van der Waals surface area contributed by atoms with Crippen molar-refractivity contribution in [3.05, 3.63) is 83.5 Å². The second-order valence-electron chi connectivity index (χ2n) is 33.5. The summed E-state index contributed by atoms with van der Waals surface area (Å²) < 4.78 is 37.9. The Morgan fingerprint density at radius 3 is 2.61 bits per heavy atom. The molecule has 0 radical (unpaired) electrons. The molecule has 14 fully saturated rings. The van der Waals surface area contributed by atoms with Crippen molar-refractivity contribution < 1.29 is 53.1 Å². The van der Waals surface area contributed by atoms with E-state index >= 15 is 19.5 Å². The Hall–Kier alpha value is -4.29.